The molecular formula is C10H10FN3O3S. The second-order valence-corrected chi connectivity index (χ2v) is 4.65. The van der Waals surface area contributed by atoms with Crippen LogP contribution >= 0.6 is 11.8 Å². The van der Waals surface area contributed by atoms with Crippen molar-refractivity contribution in [2.24, 2.45) is 0 Å². The molecule has 0 aliphatic carbocycles. The Morgan fingerprint density at radius 2 is 2.33 bits per heavy atom. The van der Waals surface area contributed by atoms with Gasteiger partial charge in [-0.25, -0.2) is 14.0 Å². The van der Waals surface area contributed by atoms with E-state index in [0.29, 0.717) is 11.6 Å². The van der Waals surface area contributed by atoms with Crippen molar-refractivity contribution in [2.45, 2.75) is 6.04 Å². The van der Waals surface area contributed by atoms with Crippen LogP contribution in [0, 0.1) is 5.82 Å². The van der Waals surface area contributed by atoms with Gasteiger partial charge in [0.15, 0.2) is 0 Å². The molecule has 1 aromatic rings. The molecule has 2 amide bonds. The molecule has 18 heavy (non-hydrogen) atoms. The van der Waals surface area contributed by atoms with E-state index in [1.54, 1.807) is 0 Å². The number of carboxylic acid groups (broad SMARTS) is 1. The molecule has 1 fully saturated rings. The van der Waals surface area contributed by atoms with Crippen LogP contribution < -0.4 is 5.32 Å². The van der Waals surface area contributed by atoms with E-state index in [1.165, 1.54) is 22.9 Å². The summed E-state index contributed by atoms with van der Waals surface area (Å²) in [6.45, 7) is 0. The normalized spacial score (nSPS) is 18.7. The number of anilines is 1. The number of aliphatic carboxylic acids is 1. The van der Waals surface area contributed by atoms with Gasteiger partial charge in [0.1, 0.15) is 11.9 Å². The van der Waals surface area contributed by atoms with Gasteiger partial charge in [0.25, 0.3) is 0 Å². The number of hydrogen-bond donors (Lipinski definition) is 2. The summed E-state index contributed by atoms with van der Waals surface area (Å²) in [5, 5.41) is 11.4. The van der Waals surface area contributed by atoms with E-state index in [0.717, 1.165) is 12.3 Å². The van der Waals surface area contributed by atoms with E-state index in [4.69, 9.17) is 5.11 Å². The second-order valence-electron chi connectivity index (χ2n) is 3.65. The molecule has 0 spiro atoms. The molecule has 1 aliphatic rings. The van der Waals surface area contributed by atoms with Crippen molar-refractivity contribution in [1.29, 1.82) is 0 Å². The summed E-state index contributed by atoms with van der Waals surface area (Å²) in [5.41, 5.74) is 0.195. The lowest BCUT2D eigenvalue weighted by atomic mass is 10.3. The maximum absolute atomic E-state index is 12.9. The van der Waals surface area contributed by atoms with Gasteiger partial charge in [0.2, 0.25) is 0 Å². The Hall–Kier alpha value is -1.83. The van der Waals surface area contributed by atoms with Crippen LogP contribution in [0.15, 0.2) is 18.5 Å². The number of nitrogens with zero attached hydrogens (tertiary/aromatic N) is 2. The number of carbonyl (C=O) groups is 2. The molecule has 2 rings (SSSR count). The predicted octanol–water partition coefficient (Wildman–Crippen LogP) is 1.21. The maximum atomic E-state index is 12.9. The summed E-state index contributed by atoms with van der Waals surface area (Å²) < 4.78 is 12.9. The molecule has 1 aliphatic heterocycles. The van der Waals surface area contributed by atoms with Gasteiger partial charge in [0, 0.05) is 11.8 Å². The SMILES string of the molecule is O=C(O)C1CSCN1C(=O)Nc1cncc(F)c1. The van der Waals surface area contributed by atoms with Crippen molar-refractivity contribution in [1.82, 2.24) is 9.88 Å². The zero-order valence-electron chi connectivity index (χ0n) is 9.17. The number of pyridine rings is 1. The van der Waals surface area contributed by atoms with Crippen LogP contribution in [0.2, 0.25) is 0 Å². The van der Waals surface area contributed by atoms with Gasteiger partial charge in [-0.15, -0.1) is 11.8 Å². The van der Waals surface area contributed by atoms with Crippen molar-refractivity contribution in [3.05, 3.63) is 24.3 Å². The lowest BCUT2D eigenvalue weighted by Crippen LogP contribution is -2.43. The van der Waals surface area contributed by atoms with Gasteiger partial charge in [-0.1, -0.05) is 0 Å². The third kappa shape index (κ3) is 2.70. The second kappa shape index (κ2) is 5.21. The lowest BCUT2D eigenvalue weighted by Gasteiger charge is -2.20. The summed E-state index contributed by atoms with van der Waals surface area (Å²) >= 11 is 1.36. The van der Waals surface area contributed by atoms with Gasteiger partial charge in [0.05, 0.1) is 24.0 Å². The minimum absolute atomic E-state index is 0.195. The number of halogens is 1. The van der Waals surface area contributed by atoms with Crippen LogP contribution in [0.1, 0.15) is 0 Å². The number of rotatable bonds is 2. The average molecular weight is 271 g/mol. The number of nitrogens with one attached hydrogen (secondary N) is 1. The predicted molar refractivity (Wildman–Crippen MR) is 63.8 cm³/mol. The standard InChI is InChI=1S/C10H10FN3O3S/c11-6-1-7(3-12-2-6)13-10(17)14-5-18-4-8(14)9(15)16/h1-3,8H,4-5H2,(H,13,17)(H,15,16). The van der Waals surface area contributed by atoms with Crippen molar-refractivity contribution in [2.75, 3.05) is 16.9 Å². The largest absolute Gasteiger partial charge is 0.480 e. The number of carbonyl (C=O) groups excluding carboxylic acids is 1. The van der Waals surface area contributed by atoms with Gasteiger partial charge in [-0.05, 0) is 0 Å². The summed E-state index contributed by atoms with van der Waals surface area (Å²) in [6.07, 6.45) is 2.31. The van der Waals surface area contributed by atoms with E-state index >= 15 is 0 Å². The molecule has 6 nitrogen and oxygen atoms in total. The van der Waals surface area contributed by atoms with E-state index in [-0.39, 0.29) is 5.69 Å². The minimum atomic E-state index is -1.05. The smallest absolute Gasteiger partial charge is 0.327 e. The molecule has 0 saturated carbocycles. The topological polar surface area (TPSA) is 82.5 Å². The fourth-order valence-corrected chi connectivity index (χ4v) is 2.67. The highest BCUT2D eigenvalue weighted by molar-refractivity contribution is 7.99. The molecule has 1 atom stereocenters. The number of urea groups is 1. The highest BCUT2D eigenvalue weighted by Gasteiger charge is 2.34. The van der Waals surface area contributed by atoms with Gasteiger partial charge < -0.3 is 15.3 Å². The average Bonchev–Trinajstić information content (AvgIpc) is 2.77. The fourth-order valence-electron chi connectivity index (χ4n) is 1.52. The van der Waals surface area contributed by atoms with Gasteiger partial charge in [-0.3, -0.25) is 4.98 Å². The van der Waals surface area contributed by atoms with Crippen molar-refractivity contribution < 1.29 is 19.1 Å². The molecule has 8 heteroatoms. The molecular weight excluding hydrogens is 261 g/mol. The van der Waals surface area contributed by atoms with Crippen LogP contribution in [0.3, 0.4) is 0 Å². The number of hydrogen-bond acceptors (Lipinski definition) is 4. The number of carboxylic acids is 1. The first-order chi connectivity index (χ1) is 8.58. The summed E-state index contributed by atoms with van der Waals surface area (Å²) in [4.78, 5) is 27.5. The quantitative estimate of drug-likeness (QED) is 0.845. The van der Waals surface area contributed by atoms with Crippen LogP contribution in [0.4, 0.5) is 14.9 Å². The van der Waals surface area contributed by atoms with Crippen LogP contribution in [-0.4, -0.2) is 44.7 Å². The molecule has 1 saturated heterocycles. The molecule has 0 aromatic carbocycles. The Kier molecular flexibility index (Phi) is 3.66. The van der Waals surface area contributed by atoms with Gasteiger partial charge in [-0.2, -0.15) is 0 Å². The van der Waals surface area contributed by atoms with E-state index in [2.05, 4.69) is 10.3 Å². The number of amides is 2. The van der Waals surface area contributed by atoms with E-state index < -0.39 is 23.9 Å². The van der Waals surface area contributed by atoms with Crippen molar-refractivity contribution in [3.63, 3.8) is 0 Å². The lowest BCUT2D eigenvalue weighted by molar-refractivity contribution is -0.140. The summed E-state index contributed by atoms with van der Waals surface area (Å²) in [7, 11) is 0. The van der Waals surface area contributed by atoms with Crippen molar-refractivity contribution in [3.8, 4) is 0 Å². The molecule has 0 bridgehead atoms. The van der Waals surface area contributed by atoms with Crippen LogP contribution in [0.25, 0.3) is 0 Å². The minimum Gasteiger partial charge on any atom is -0.480 e. The first-order valence-electron chi connectivity index (χ1n) is 5.06. The van der Waals surface area contributed by atoms with E-state index in [1.807, 2.05) is 0 Å². The Morgan fingerprint density at radius 3 is 3.00 bits per heavy atom. The van der Waals surface area contributed by atoms with Crippen LogP contribution in [-0.2, 0) is 4.79 Å². The monoisotopic (exact) mass is 271 g/mol. The maximum Gasteiger partial charge on any atom is 0.327 e. The molecule has 0 radical (unpaired) electrons. The third-order valence-corrected chi connectivity index (χ3v) is 3.40. The molecule has 1 aromatic heterocycles. The van der Waals surface area contributed by atoms with Gasteiger partial charge >= 0.3 is 12.0 Å². The molecule has 2 heterocycles. The number of aromatic nitrogens is 1. The van der Waals surface area contributed by atoms with E-state index in [9.17, 15) is 14.0 Å². The summed E-state index contributed by atoms with van der Waals surface area (Å²) in [6, 6.07) is -0.305. The first-order valence-corrected chi connectivity index (χ1v) is 6.22. The zero-order valence-corrected chi connectivity index (χ0v) is 9.98. The molecule has 96 valence electrons. The Morgan fingerprint density at radius 1 is 1.56 bits per heavy atom. The zero-order chi connectivity index (χ0) is 13.1. The Bertz CT molecular complexity index is 485. The Balaban J connectivity index is 2.06. The molecule has 2 N–H and O–H groups in total. The first kappa shape index (κ1) is 12.6. The fraction of sp³-hybridized carbons (Fsp3) is 0.300. The third-order valence-electron chi connectivity index (χ3n) is 2.38. The highest BCUT2D eigenvalue weighted by Crippen LogP contribution is 2.22. The van der Waals surface area contributed by atoms with Crippen molar-refractivity contribution >= 4 is 29.4 Å². The Labute approximate surface area is 106 Å². The number of thioether (sulfide) groups is 1. The van der Waals surface area contributed by atoms with Crippen LogP contribution in [0.5, 0.6) is 0 Å². The summed E-state index contributed by atoms with van der Waals surface area (Å²) in [5.74, 6) is -0.971. The highest BCUT2D eigenvalue weighted by atomic mass is 32.2. The molecule has 1 unspecified atom stereocenters.